The van der Waals surface area contributed by atoms with Gasteiger partial charge < -0.3 is 10.3 Å². The number of rotatable bonds is 4. The molecule has 0 radical (unpaired) electrons. The maximum Gasteiger partial charge on any atom is 0.138 e. The van der Waals surface area contributed by atoms with E-state index in [4.69, 9.17) is 28.2 Å². The summed E-state index contributed by atoms with van der Waals surface area (Å²) in [5.41, 5.74) is 7.65. The van der Waals surface area contributed by atoms with Crippen LogP contribution in [0, 0.1) is 0 Å². The fraction of sp³-hybridized carbons (Fsp3) is 0.115. The van der Waals surface area contributed by atoms with Gasteiger partial charge in [0.15, 0.2) is 0 Å². The van der Waals surface area contributed by atoms with Crippen molar-refractivity contribution in [3.05, 3.63) is 105 Å². The fourth-order valence-corrected chi connectivity index (χ4v) is 4.65. The average Bonchev–Trinajstić information content (AvgIpc) is 3.40. The molecule has 0 spiro atoms. The minimum atomic E-state index is 0.630. The monoisotopic (exact) mass is 471 g/mol. The lowest BCUT2D eigenvalue weighted by molar-refractivity contribution is 0.906. The Morgan fingerprint density at radius 2 is 1.79 bits per heavy atom. The van der Waals surface area contributed by atoms with Crippen molar-refractivity contribution in [1.29, 1.82) is 0 Å². The normalized spacial score (nSPS) is 12.8. The SMILES string of the molecule is Clc1cnc2ccc(Cc3ccc4c(c3)C(NCc3cnc5[nH]cc(Cl)c5c3)=NC4)cc2c1. The van der Waals surface area contributed by atoms with Crippen molar-refractivity contribution in [2.45, 2.75) is 19.5 Å². The van der Waals surface area contributed by atoms with Gasteiger partial charge in [-0.3, -0.25) is 9.98 Å². The number of halogens is 2. The number of amidine groups is 1. The van der Waals surface area contributed by atoms with Crippen LogP contribution in [0.4, 0.5) is 0 Å². The van der Waals surface area contributed by atoms with Crippen molar-refractivity contribution >= 4 is 51.0 Å². The van der Waals surface area contributed by atoms with Crippen molar-refractivity contribution in [1.82, 2.24) is 20.3 Å². The smallest absolute Gasteiger partial charge is 0.138 e. The second kappa shape index (κ2) is 8.18. The molecule has 0 atom stereocenters. The Bertz CT molecular complexity index is 1550. The molecular formula is C26H19Cl2N5. The third kappa shape index (κ3) is 3.94. The largest absolute Gasteiger partial charge is 0.366 e. The van der Waals surface area contributed by atoms with E-state index in [9.17, 15) is 0 Å². The molecule has 162 valence electrons. The first-order valence-electron chi connectivity index (χ1n) is 10.7. The number of nitrogens with zero attached hydrogens (tertiary/aromatic N) is 3. The number of benzene rings is 2. The second-order valence-corrected chi connectivity index (χ2v) is 9.09. The molecule has 0 saturated heterocycles. The van der Waals surface area contributed by atoms with Gasteiger partial charge in [-0.15, -0.1) is 0 Å². The Hall–Kier alpha value is -3.41. The summed E-state index contributed by atoms with van der Waals surface area (Å²) >= 11 is 12.4. The maximum absolute atomic E-state index is 6.24. The molecule has 0 unspecified atom stereocenters. The lowest BCUT2D eigenvalue weighted by Crippen LogP contribution is -2.22. The minimum Gasteiger partial charge on any atom is -0.366 e. The molecule has 2 aromatic carbocycles. The van der Waals surface area contributed by atoms with E-state index in [1.54, 1.807) is 12.4 Å². The third-order valence-corrected chi connectivity index (χ3v) is 6.47. The van der Waals surface area contributed by atoms with Gasteiger partial charge in [0.05, 0.1) is 22.1 Å². The van der Waals surface area contributed by atoms with Crippen molar-refractivity contribution in [2.24, 2.45) is 4.99 Å². The Morgan fingerprint density at radius 3 is 2.73 bits per heavy atom. The van der Waals surface area contributed by atoms with Gasteiger partial charge in [0.1, 0.15) is 11.5 Å². The van der Waals surface area contributed by atoms with Crippen LogP contribution < -0.4 is 5.32 Å². The summed E-state index contributed by atoms with van der Waals surface area (Å²) in [5, 5.41) is 6.80. The first-order chi connectivity index (χ1) is 16.1. The summed E-state index contributed by atoms with van der Waals surface area (Å²) in [6, 6.07) is 16.9. The molecule has 0 fully saturated rings. The molecule has 1 aliphatic heterocycles. The summed E-state index contributed by atoms with van der Waals surface area (Å²) in [5.74, 6) is 0.918. The lowest BCUT2D eigenvalue weighted by Gasteiger charge is -2.10. The predicted molar refractivity (Wildman–Crippen MR) is 134 cm³/mol. The zero-order valence-electron chi connectivity index (χ0n) is 17.6. The van der Waals surface area contributed by atoms with Crippen LogP contribution >= 0.6 is 23.2 Å². The summed E-state index contributed by atoms with van der Waals surface area (Å²) in [4.78, 5) is 16.6. The van der Waals surface area contributed by atoms with Gasteiger partial charge in [0, 0.05) is 41.5 Å². The maximum atomic E-state index is 6.24. The third-order valence-electron chi connectivity index (χ3n) is 5.95. The fourth-order valence-electron chi connectivity index (χ4n) is 4.29. The molecule has 5 nitrogen and oxygen atoms in total. The van der Waals surface area contributed by atoms with Crippen LogP contribution in [0.3, 0.4) is 0 Å². The van der Waals surface area contributed by atoms with Crippen LogP contribution in [-0.4, -0.2) is 20.8 Å². The Kier molecular flexibility index (Phi) is 5.01. The molecule has 6 rings (SSSR count). The molecule has 7 heteroatoms. The number of aromatic nitrogens is 3. The quantitative estimate of drug-likeness (QED) is 0.334. The molecule has 33 heavy (non-hydrogen) atoms. The number of hydrogen-bond donors (Lipinski definition) is 2. The number of nitrogens with one attached hydrogen (secondary N) is 2. The molecule has 1 aliphatic rings. The molecule has 0 aliphatic carbocycles. The standard InChI is InChI=1S/C26H19Cl2N5/c27-20-9-19-6-15(2-4-24(19)29-13-20)5-16-1-3-18-12-32-25(21(18)7-16)30-10-17-8-22-23(28)14-33-26(22)31-11-17/h1-4,6-9,11,13-14H,5,10,12H2,(H,30,32)(H,31,33). The van der Waals surface area contributed by atoms with Crippen LogP contribution in [0.1, 0.15) is 27.8 Å². The van der Waals surface area contributed by atoms with E-state index in [-0.39, 0.29) is 0 Å². The van der Waals surface area contributed by atoms with Crippen molar-refractivity contribution in [3.63, 3.8) is 0 Å². The van der Waals surface area contributed by atoms with E-state index in [0.29, 0.717) is 23.1 Å². The van der Waals surface area contributed by atoms with Gasteiger partial charge in [-0.1, -0.05) is 41.4 Å². The van der Waals surface area contributed by atoms with Crippen molar-refractivity contribution in [2.75, 3.05) is 0 Å². The number of H-pyrrole nitrogens is 1. The zero-order chi connectivity index (χ0) is 22.4. The molecular weight excluding hydrogens is 453 g/mol. The highest BCUT2D eigenvalue weighted by Gasteiger charge is 2.16. The minimum absolute atomic E-state index is 0.630. The Balaban J connectivity index is 1.21. The predicted octanol–water partition coefficient (Wildman–Crippen LogP) is 6.06. The number of pyridine rings is 2. The average molecular weight is 472 g/mol. The summed E-state index contributed by atoms with van der Waals surface area (Å²) in [6.07, 6.45) is 6.13. The Labute approximate surface area is 200 Å². The van der Waals surface area contributed by atoms with E-state index >= 15 is 0 Å². The van der Waals surface area contributed by atoms with Crippen molar-refractivity contribution in [3.8, 4) is 0 Å². The van der Waals surface area contributed by atoms with Gasteiger partial charge in [-0.05, 0) is 59.0 Å². The van der Waals surface area contributed by atoms with E-state index in [0.717, 1.165) is 45.3 Å². The highest BCUT2D eigenvalue weighted by molar-refractivity contribution is 6.35. The second-order valence-electron chi connectivity index (χ2n) is 8.24. The number of hydrogen-bond acceptors (Lipinski definition) is 4. The van der Waals surface area contributed by atoms with E-state index in [2.05, 4.69) is 56.7 Å². The number of aliphatic imine (C=N–C) groups is 1. The van der Waals surface area contributed by atoms with Gasteiger partial charge >= 0.3 is 0 Å². The van der Waals surface area contributed by atoms with E-state index < -0.39 is 0 Å². The summed E-state index contributed by atoms with van der Waals surface area (Å²) in [6.45, 7) is 1.32. The lowest BCUT2D eigenvalue weighted by atomic mass is 9.99. The summed E-state index contributed by atoms with van der Waals surface area (Å²) < 4.78 is 0. The molecule has 3 aromatic heterocycles. The first kappa shape index (κ1) is 20.2. The van der Waals surface area contributed by atoms with Gasteiger partial charge in [-0.2, -0.15) is 0 Å². The topological polar surface area (TPSA) is 66.0 Å². The number of fused-ring (bicyclic) bond motifs is 3. The molecule has 0 saturated carbocycles. The van der Waals surface area contributed by atoms with Gasteiger partial charge in [-0.25, -0.2) is 4.98 Å². The highest BCUT2D eigenvalue weighted by atomic mass is 35.5. The van der Waals surface area contributed by atoms with E-state index in [1.165, 1.54) is 16.7 Å². The Morgan fingerprint density at radius 1 is 0.909 bits per heavy atom. The van der Waals surface area contributed by atoms with Crippen LogP contribution in [0.15, 0.2) is 72.1 Å². The molecule has 2 N–H and O–H groups in total. The molecule has 0 amide bonds. The zero-order valence-corrected chi connectivity index (χ0v) is 19.1. The van der Waals surface area contributed by atoms with Crippen LogP contribution in [0.25, 0.3) is 21.9 Å². The summed E-state index contributed by atoms with van der Waals surface area (Å²) in [7, 11) is 0. The first-order valence-corrected chi connectivity index (χ1v) is 11.4. The van der Waals surface area contributed by atoms with E-state index in [1.807, 2.05) is 18.3 Å². The highest BCUT2D eigenvalue weighted by Crippen LogP contribution is 2.25. The number of aromatic amines is 1. The van der Waals surface area contributed by atoms with Crippen molar-refractivity contribution < 1.29 is 0 Å². The van der Waals surface area contributed by atoms with Crippen LogP contribution in [-0.2, 0) is 19.5 Å². The van der Waals surface area contributed by atoms with Gasteiger partial charge in [0.25, 0.3) is 0 Å². The molecule has 4 heterocycles. The van der Waals surface area contributed by atoms with Crippen LogP contribution in [0.5, 0.6) is 0 Å². The molecule has 5 aromatic rings. The van der Waals surface area contributed by atoms with Gasteiger partial charge in [0.2, 0.25) is 0 Å². The van der Waals surface area contributed by atoms with Crippen LogP contribution in [0.2, 0.25) is 10.0 Å². The molecule has 0 bridgehead atoms.